The lowest BCUT2D eigenvalue weighted by atomic mass is 10.2. The van der Waals surface area contributed by atoms with Gasteiger partial charge in [0.05, 0.1) is 6.54 Å². The van der Waals surface area contributed by atoms with Crippen LogP contribution in [-0.2, 0) is 11.4 Å². The number of ether oxygens (including phenoxy) is 1. The molecule has 6 nitrogen and oxygen atoms in total. The van der Waals surface area contributed by atoms with Crippen molar-refractivity contribution < 1.29 is 23.1 Å². The molecule has 0 aliphatic carbocycles. The van der Waals surface area contributed by atoms with Gasteiger partial charge in [-0.2, -0.15) is 0 Å². The maximum absolute atomic E-state index is 12.9. The third-order valence-corrected chi connectivity index (χ3v) is 4.45. The normalized spacial score (nSPS) is 10.4. The van der Waals surface area contributed by atoms with Crippen molar-refractivity contribution >= 4 is 33.4 Å². The lowest BCUT2D eigenvalue weighted by molar-refractivity contribution is -0.115. The summed E-state index contributed by atoms with van der Waals surface area (Å²) >= 11 is 3.36. The molecule has 0 saturated carbocycles. The maximum atomic E-state index is 12.9. The molecule has 0 unspecified atom stereocenters. The van der Waals surface area contributed by atoms with Crippen molar-refractivity contribution in [2.75, 3.05) is 11.9 Å². The summed E-state index contributed by atoms with van der Waals surface area (Å²) in [7, 11) is 0. The van der Waals surface area contributed by atoms with Gasteiger partial charge in [-0.05, 0) is 67.1 Å². The molecule has 2 aromatic carbocycles. The predicted molar refractivity (Wildman–Crippen MR) is 109 cm³/mol. The number of carbonyl (C=O) groups excluding carboxylic acids is 2. The summed E-state index contributed by atoms with van der Waals surface area (Å²) in [4.78, 5) is 24.2. The van der Waals surface area contributed by atoms with Crippen LogP contribution in [0.25, 0.3) is 0 Å². The first-order chi connectivity index (χ1) is 13.9. The Labute approximate surface area is 175 Å². The van der Waals surface area contributed by atoms with Crippen LogP contribution in [0.4, 0.5) is 10.1 Å². The zero-order valence-corrected chi connectivity index (χ0v) is 17.1. The van der Waals surface area contributed by atoms with Gasteiger partial charge < -0.3 is 19.8 Å². The van der Waals surface area contributed by atoms with E-state index in [0.29, 0.717) is 17.2 Å². The Kier molecular flexibility index (Phi) is 6.66. The number of furan rings is 1. The number of nitrogens with one attached hydrogen (secondary N) is 2. The fraction of sp³-hybridized carbons (Fsp3) is 0.143. The van der Waals surface area contributed by atoms with Crippen LogP contribution < -0.4 is 15.4 Å². The average molecular weight is 461 g/mol. The Bertz CT molecular complexity index is 1020. The van der Waals surface area contributed by atoms with E-state index in [1.165, 1.54) is 30.3 Å². The number of hydrogen-bond donors (Lipinski definition) is 2. The molecule has 0 fully saturated rings. The molecule has 1 heterocycles. The van der Waals surface area contributed by atoms with Gasteiger partial charge in [0.2, 0.25) is 5.91 Å². The second-order valence-corrected chi connectivity index (χ2v) is 7.11. The van der Waals surface area contributed by atoms with E-state index in [-0.39, 0.29) is 30.6 Å². The zero-order chi connectivity index (χ0) is 20.8. The molecule has 0 aliphatic rings. The standard InChI is InChI=1S/C21H18BrFN2O4/c1-13-10-14(22)2-8-18(13)25-20(26)11-24-21(27)19-9-7-17(29-19)12-28-16-5-3-15(23)4-6-16/h2-10H,11-12H2,1H3,(H,24,27)(H,25,26). The van der Waals surface area contributed by atoms with Crippen molar-refractivity contribution in [3.8, 4) is 5.75 Å². The molecule has 29 heavy (non-hydrogen) atoms. The number of aryl methyl sites for hydroxylation is 1. The van der Waals surface area contributed by atoms with E-state index in [1.807, 2.05) is 19.1 Å². The summed E-state index contributed by atoms with van der Waals surface area (Å²) in [5, 5.41) is 5.25. The molecular formula is C21H18BrFN2O4. The fourth-order valence-electron chi connectivity index (χ4n) is 2.47. The molecule has 3 rings (SSSR count). The maximum Gasteiger partial charge on any atom is 0.287 e. The minimum Gasteiger partial charge on any atom is -0.486 e. The number of benzene rings is 2. The second kappa shape index (κ2) is 9.38. The van der Waals surface area contributed by atoms with Gasteiger partial charge in [-0.3, -0.25) is 9.59 Å². The monoisotopic (exact) mass is 460 g/mol. The first kappa shape index (κ1) is 20.6. The third-order valence-electron chi connectivity index (χ3n) is 3.95. The van der Waals surface area contributed by atoms with Gasteiger partial charge in [-0.15, -0.1) is 0 Å². The second-order valence-electron chi connectivity index (χ2n) is 6.20. The Morgan fingerprint density at radius 3 is 2.59 bits per heavy atom. The van der Waals surface area contributed by atoms with Crippen LogP contribution in [0.1, 0.15) is 21.9 Å². The first-order valence-corrected chi connectivity index (χ1v) is 9.51. The molecular weight excluding hydrogens is 443 g/mol. The van der Waals surface area contributed by atoms with E-state index in [2.05, 4.69) is 26.6 Å². The van der Waals surface area contributed by atoms with Gasteiger partial charge in [0.15, 0.2) is 5.76 Å². The molecule has 2 N–H and O–H groups in total. The van der Waals surface area contributed by atoms with E-state index in [0.717, 1.165) is 10.0 Å². The summed E-state index contributed by atoms with van der Waals surface area (Å²) in [6, 6.07) is 14.1. The molecule has 0 radical (unpaired) electrons. The molecule has 150 valence electrons. The Morgan fingerprint density at radius 2 is 1.86 bits per heavy atom. The van der Waals surface area contributed by atoms with E-state index in [9.17, 15) is 14.0 Å². The number of carbonyl (C=O) groups is 2. The Balaban J connectivity index is 1.48. The number of halogens is 2. The number of anilines is 1. The minimum absolute atomic E-state index is 0.0651. The number of hydrogen-bond acceptors (Lipinski definition) is 4. The number of amides is 2. The first-order valence-electron chi connectivity index (χ1n) is 8.72. The van der Waals surface area contributed by atoms with Crippen molar-refractivity contribution in [2.45, 2.75) is 13.5 Å². The lowest BCUT2D eigenvalue weighted by Crippen LogP contribution is -2.32. The van der Waals surface area contributed by atoms with Gasteiger partial charge in [-0.25, -0.2) is 4.39 Å². The largest absolute Gasteiger partial charge is 0.486 e. The summed E-state index contributed by atoms with van der Waals surface area (Å²) in [5.74, 6) is -0.247. The van der Waals surface area contributed by atoms with Crippen molar-refractivity contribution in [1.82, 2.24) is 5.32 Å². The van der Waals surface area contributed by atoms with Gasteiger partial charge >= 0.3 is 0 Å². The fourth-order valence-corrected chi connectivity index (χ4v) is 2.95. The van der Waals surface area contributed by atoms with Crippen LogP contribution in [0.5, 0.6) is 5.75 Å². The van der Waals surface area contributed by atoms with Crippen molar-refractivity contribution in [3.63, 3.8) is 0 Å². The minimum atomic E-state index is -0.513. The molecule has 3 aromatic rings. The predicted octanol–water partition coefficient (Wildman–Crippen LogP) is 4.44. The average Bonchev–Trinajstić information content (AvgIpc) is 3.17. The number of rotatable bonds is 7. The molecule has 0 atom stereocenters. The highest BCUT2D eigenvalue weighted by atomic mass is 79.9. The van der Waals surface area contributed by atoms with Gasteiger partial charge in [-0.1, -0.05) is 15.9 Å². The molecule has 8 heteroatoms. The molecule has 1 aromatic heterocycles. The van der Waals surface area contributed by atoms with Crippen LogP contribution in [0.3, 0.4) is 0 Å². The van der Waals surface area contributed by atoms with E-state index in [4.69, 9.17) is 9.15 Å². The molecule has 0 bridgehead atoms. The SMILES string of the molecule is Cc1cc(Br)ccc1NC(=O)CNC(=O)c1ccc(COc2ccc(F)cc2)o1. The van der Waals surface area contributed by atoms with Crippen LogP contribution >= 0.6 is 15.9 Å². The third kappa shape index (κ3) is 5.92. The summed E-state index contributed by atoms with van der Waals surface area (Å²) in [6.07, 6.45) is 0. The molecule has 0 saturated heterocycles. The molecule has 2 amide bonds. The van der Waals surface area contributed by atoms with Crippen molar-refractivity contribution in [1.29, 1.82) is 0 Å². The van der Waals surface area contributed by atoms with E-state index < -0.39 is 5.91 Å². The van der Waals surface area contributed by atoms with Gasteiger partial charge in [0.25, 0.3) is 5.91 Å². The van der Waals surface area contributed by atoms with Crippen LogP contribution in [-0.4, -0.2) is 18.4 Å². The quantitative estimate of drug-likeness (QED) is 0.546. The van der Waals surface area contributed by atoms with Gasteiger partial charge in [0.1, 0.15) is 23.9 Å². The highest BCUT2D eigenvalue weighted by Crippen LogP contribution is 2.20. The van der Waals surface area contributed by atoms with Crippen molar-refractivity contribution in [2.24, 2.45) is 0 Å². The highest BCUT2D eigenvalue weighted by Gasteiger charge is 2.13. The molecule has 0 aliphatic heterocycles. The Hall–Kier alpha value is -3.13. The topological polar surface area (TPSA) is 80.6 Å². The molecule has 0 spiro atoms. The van der Waals surface area contributed by atoms with Gasteiger partial charge in [0, 0.05) is 10.2 Å². The zero-order valence-electron chi connectivity index (χ0n) is 15.5. The van der Waals surface area contributed by atoms with Crippen LogP contribution in [0.15, 0.2) is 63.5 Å². The summed E-state index contributed by atoms with van der Waals surface area (Å²) < 4.78 is 24.7. The lowest BCUT2D eigenvalue weighted by Gasteiger charge is -2.09. The summed E-state index contributed by atoms with van der Waals surface area (Å²) in [5.41, 5.74) is 1.57. The van der Waals surface area contributed by atoms with Crippen LogP contribution in [0.2, 0.25) is 0 Å². The van der Waals surface area contributed by atoms with E-state index >= 15 is 0 Å². The van der Waals surface area contributed by atoms with E-state index in [1.54, 1.807) is 12.1 Å². The Morgan fingerprint density at radius 1 is 1.10 bits per heavy atom. The van der Waals surface area contributed by atoms with Crippen molar-refractivity contribution in [3.05, 3.63) is 82.0 Å². The smallest absolute Gasteiger partial charge is 0.287 e. The highest BCUT2D eigenvalue weighted by molar-refractivity contribution is 9.10. The van der Waals surface area contributed by atoms with Crippen LogP contribution in [0, 0.1) is 12.7 Å². The summed E-state index contributed by atoms with van der Waals surface area (Å²) in [6.45, 7) is 1.76.